The van der Waals surface area contributed by atoms with Crippen LogP contribution in [0.3, 0.4) is 0 Å². The maximum absolute atomic E-state index is 4.51. The first-order valence-electron chi connectivity index (χ1n) is 5.35. The highest BCUT2D eigenvalue weighted by Crippen LogP contribution is 2.07. The van der Waals surface area contributed by atoms with Gasteiger partial charge in [0, 0.05) is 22.8 Å². The predicted octanol–water partition coefficient (Wildman–Crippen LogP) is 3.79. The van der Waals surface area contributed by atoms with Gasteiger partial charge in [-0.1, -0.05) is 27.0 Å². The first-order chi connectivity index (χ1) is 6.99. The molecular weight excluding hydrogens is 184 g/mol. The minimum atomic E-state index is 0.840. The Labute approximate surface area is 93.5 Å². The zero-order valence-corrected chi connectivity index (χ0v) is 10.4. The maximum Gasteiger partial charge on any atom is 0.0420 e. The summed E-state index contributed by atoms with van der Waals surface area (Å²) in [6.07, 6.45) is 3.86. The molecular formula is C13H22N2. The normalized spacial score (nSPS) is 12.5. The Balaban J connectivity index is 4.59. The molecule has 0 amide bonds. The van der Waals surface area contributed by atoms with E-state index in [1.165, 1.54) is 0 Å². The minimum Gasteiger partial charge on any atom is -0.360 e. The number of rotatable bonds is 6. The van der Waals surface area contributed by atoms with Gasteiger partial charge in [-0.2, -0.15) is 0 Å². The Morgan fingerprint density at radius 3 is 2.20 bits per heavy atom. The number of nitrogens with one attached hydrogen (secondary N) is 1. The van der Waals surface area contributed by atoms with Crippen LogP contribution in [0.25, 0.3) is 0 Å². The Hall–Kier alpha value is -1.31. The number of allylic oxidation sites excluding steroid dienone is 3. The molecule has 0 unspecified atom stereocenters. The van der Waals surface area contributed by atoms with Gasteiger partial charge in [0.15, 0.2) is 0 Å². The maximum atomic E-state index is 4.51. The predicted molar refractivity (Wildman–Crippen MR) is 68.9 cm³/mol. The average molecular weight is 206 g/mol. The minimum absolute atomic E-state index is 0.840. The van der Waals surface area contributed by atoms with E-state index in [1.807, 2.05) is 19.9 Å². The van der Waals surface area contributed by atoms with Crippen molar-refractivity contribution in [3.63, 3.8) is 0 Å². The summed E-state index contributed by atoms with van der Waals surface area (Å²) < 4.78 is 0. The standard InChI is InChI=1S/C13H22N2/c1-7-11(5)15-13(8-2)9-12(6)14-10(3)4/h9,14H,3,6-8H2,1-2,4-5H3/b13-9-,15-11?. The Bertz CT molecular complexity index is 296. The summed E-state index contributed by atoms with van der Waals surface area (Å²) in [4.78, 5) is 4.51. The van der Waals surface area contributed by atoms with Crippen molar-refractivity contribution >= 4 is 5.71 Å². The van der Waals surface area contributed by atoms with Crippen LogP contribution in [-0.2, 0) is 0 Å². The second-order valence-electron chi connectivity index (χ2n) is 3.62. The fourth-order valence-electron chi connectivity index (χ4n) is 1.05. The summed E-state index contributed by atoms with van der Waals surface area (Å²) in [6, 6.07) is 0. The number of aliphatic imine (C=N–C) groups is 1. The summed E-state index contributed by atoms with van der Waals surface area (Å²) in [6.45, 7) is 15.8. The number of nitrogens with zero attached hydrogens (tertiary/aromatic N) is 1. The molecule has 0 heterocycles. The molecule has 1 N–H and O–H groups in total. The van der Waals surface area contributed by atoms with E-state index in [1.54, 1.807) is 0 Å². The van der Waals surface area contributed by atoms with Crippen LogP contribution >= 0.6 is 0 Å². The van der Waals surface area contributed by atoms with Crippen molar-refractivity contribution in [1.29, 1.82) is 0 Å². The fraction of sp³-hybridized carbons (Fsp3) is 0.462. The lowest BCUT2D eigenvalue weighted by Gasteiger charge is -2.06. The van der Waals surface area contributed by atoms with Crippen LogP contribution in [0.15, 0.2) is 41.3 Å². The van der Waals surface area contributed by atoms with E-state index in [0.717, 1.165) is 35.6 Å². The molecule has 15 heavy (non-hydrogen) atoms. The van der Waals surface area contributed by atoms with Crippen molar-refractivity contribution < 1.29 is 0 Å². The Morgan fingerprint density at radius 2 is 1.80 bits per heavy atom. The summed E-state index contributed by atoms with van der Waals surface area (Å²) in [5.74, 6) is 0. The molecule has 0 saturated carbocycles. The molecule has 0 aromatic rings. The van der Waals surface area contributed by atoms with Gasteiger partial charge in [0.2, 0.25) is 0 Å². The SMILES string of the molecule is C=C(C)NC(=C)/C=C(/CC)N=C(C)CC. The highest BCUT2D eigenvalue weighted by Gasteiger charge is 1.95. The van der Waals surface area contributed by atoms with E-state index in [-0.39, 0.29) is 0 Å². The van der Waals surface area contributed by atoms with Crippen molar-refractivity contribution in [2.75, 3.05) is 0 Å². The van der Waals surface area contributed by atoms with Gasteiger partial charge in [-0.15, -0.1) is 0 Å². The van der Waals surface area contributed by atoms with Crippen molar-refractivity contribution in [2.24, 2.45) is 4.99 Å². The fourth-order valence-corrected chi connectivity index (χ4v) is 1.05. The highest BCUT2D eigenvalue weighted by molar-refractivity contribution is 5.82. The van der Waals surface area contributed by atoms with Crippen LogP contribution in [0.1, 0.15) is 40.5 Å². The molecule has 2 heteroatoms. The molecule has 2 nitrogen and oxygen atoms in total. The van der Waals surface area contributed by atoms with E-state index in [9.17, 15) is 0 Å². The molecule has 0 aliphatic rings. The van der Waals surface area contributed by atoms with Crippen LogP contribution in [0.4, 0.5) is 0 Å². The van der Waals surface area contributed by atoms with Crippen LogP contribution in [0.5, 0.6) is 0 Å². The van der Waals surface area contributed by atoms with Gasteiger partial charge in [0.05, 0.1) is 0 Å². The lowest BCUT2D eigenvalue weighted by atomic mass is 10.2. The molecule has 0 bridgehead atoms. The molecule has 0 aliphatic carbocycles. The second kappa shape index (κ2) is 7.04. The van der Waals surface area contributed by atoms with Crippen molar-refractivity contribution in [3.8, 4) is 0 Å². The summed E-state index contributed by atoms with van der Waals surface area (Å²) in [5, 5.41) is 3.06. The van der Waals surface area contributed by atoms with E-state index in [2.05, 4.69) is 37.3 Å². The van der Waals surface area contributed by atoms with Gasteiger partial charge in [0.25, 0.3) is 0 Å². The Kier molecular flexibility index (Phi) is 6.43. The van der Waals surface area contributed by atoms with Crippen LogP contribution in [0.2, 0.25) is 0 Å². The molecule has 0 radical (unpaired) electrons. The van der Waals surface area contributed by atoms with Crippen molar-refractivity contribution in [2.45, 2.75) is 40.5 Å². The zero-order valence-electron chi connectivity index (χ0n) is 10.4. The molecule has 0 atom stereocenters. The van der Waals surface area contributed by atoms with Crippen LogP contribution in [-0.4, -0.2) is 5.71 Å². The number of hydrogen-bond donors (Lipinski definition) is 1. The smallest absolute Gasteiger partial charge is 0.0420 e. The summed E-state index contributed by atoms with van der Waals surface area (Å²) in [5.41, 5.74) is 3.93. The zero-order chi connectivity index (χ0) is 11.8. The molecule has 84 valence electrons. The second-order valence-corrected chi connectivity index (χ2v) is 3.62. The lowest BCUT2D eigenvalue weighted by molar-refractivity contribution is 0.988. The van der Waals surface area contributed by atoms with Gasteiger partial charge in [-0.05, 0) is 32.8 Å². The van der Waals surface area contributed by atoms with Crippen molar-refractivity contribution in [1.82, 2.24) is 5.32 Å². The van der Waals surface area contributed by atoms with E-state index in [4.69, 9.17) is 0 Å². The summed E-state index contributed by atoms with van der Waals surface area (Å²) >= 11 is 0. The molecule has 0 spiro atoms. The monoisotopic (exact) mass is 206 g/mol. The molecule has 0 rings (SSSR count). The van der Waals surface area contributed by atoms with Crippen LogP contribution in [0, 0.1) is 0 Å². The molecule has 0 aromatic carbocycles. The lowest BCUT2D eigenvalue weighted by Crippen LogP contribution is -2.06. The quantitative estimate of drug-likeness (QED) is 0.519. The first-order valence-corrected chi connectivity index (χ1v) is 5.35. The van der Waals surface area contributed by atoms with Crippen LogP contribution < -0.4 is 5.32 Å². The Morgan fingerprint density at radius 1 is 1.20 bits per heavy atom. The van der Waals surface area contributed by atoms with E-state index < -0.39 is 0 Å². The van der Waals surface area contributed by atoms with Gasteiger partial charge in [-0.25, -0.2) is 0 Å². The van der Waals surface area contributed by atoms with Gasteiger partial charge >= 0.3 is 0 Å². The van der Waals surface area contributed by atoms with Crippen molar-refractivity contribution in [3.05, 3.63) is 36.3 Å². The largest absolute Gasteiger partial charge is 0.360 e. The average Bonchev–Trinajstić information content (AvgIpc) is 2.15. The third kappa shape index (κ3) is 6.72. The van der Waals surface area contributed by atoms with Gasteiger partial charge < -0.3 is 5.32 Å². The first kappa shape index (κ1) is 13.7. The highest BCUT2D eigenvalue weighted by atomic mass is 14.9. The molecule has 0 aromatic heterocycles. The van der Waals surface area contributed by atoms with E-state index in [0.29, 0.717) is 0 Å². The summed E-state index contributed by atoms with van der Waals surface area (Å²) in [7, 11) is 0. The molecule has 0 aliphatic heterocycles. The topological polar surface area (TPSA) is 24.4 Å². The van der Waals surface area contributed by atoms with E-state index >= 15 is 0 Å². The van der Waals surface area contributed by atoms with Gasteiger partial charge in [-0.3, -0.25) is 4.99 Å². The molecule has 0 saturated heterocycles. The third-order valence-electron chi connectivity index (χ3n) is 1.92. The third-order valence-corrected chi connectivity index (χ3v) is 1.92. The number of hydrogen-bond acceptors (Lipinski definition) is 2. The van der Waals surface area contributed by atoms with Gasteiger partial charge in [0.1, 0.15) is 0 Å². The molecule has 0 fully saturated rings.